The van der Waals surface area contributed by atoms with Gasteiger partial charge in [-0.1, -0.05) is 24.3 Å². The minimum Gasteiger partial charge on any atom is -0.444 e. The fourth-order valence-corrected chi connectivity index (χ4v) is 2.61. The molecule has 1 saturated heterocycles. The van der Waals surface area contributed by atoms with Gasteiger partial charge < -0.3 is 19.1 Å². The number of carbonyl (C=O) groups is 1. The molecule has 1 aliphatic rings. The van der Waals surface area contributed by atoms with Crippen LogP contribution < -0.4 is 0 Å². The molecule has 128 valence electrons. The topological polar surface area (TPSA) is 48.0 Å². The van der Waals surface area contributed by atoms with E-state index in [1.807, 2.05) is 32.9 Å². The molecular formula is C18H27NO4. The smallest absolute Gasteiger partial charge is 0.410 e. The molecule has 1 aromatic carbocycles. The van der Waals surface area contributed by atoms with Crippen molar-refractivity contribution in [2.75, 3.05) is 26.8 Å². The van der Waals surface area contributed by atoms with Gasteiger partial charge >= 0.3 is 6.09 Å². The number of hydrogen-bond acceptors (Lipinski definition) is 4. The van der Waals surface area contributed by atoms with Gasteiger partial charge in [0.1, 0.15) is 5.60 Å². The maximum absolute atomic E-state index is 12.2. The number of morpholine rings is 1. The molecule has 1 fully saturated rings. The Bertz CT molecular complexity index is 524. The molecule has 5 nitrogen and oxygen atoms in total. The van der Waals surface area contributed by atoms with E-state index in [-0.39, 0.29) is 12.2 Å². The Labute approximate surface area is 138 Å². The Morgan fingerprint density at radius 2 is 2.09 bits per heavy atom. The molecule has 0 saturated carbocycles. The Morgan fingerprint density at radius 3 is 2.78 bits per heavy atom. The van der Waals surface area contributed by atoms with E-state index in [9.17, 15) is 4.79 Å². The van der Waals surface area contributed by atoms with Gasteiger partial charge in [0.25, 0.3) is 0 Å². The van der Waals surface area contributed by atoms with Crippen LogP contribution in [0.1, 0.15) is 31.9 Å². The highest BCUT2D eigenvalue weighted by Crippen LogP contribution is 2.16. The lowest BCUT2D eigenvalue weighted by molar-refractivity contribution is -0.0415. The summed E-state index contributed by atoms with van der Waals surface area (Å²) in [6.45, 7) is 7.92. The van der Waals surface area contributed by atoms with Crippen molar-refractivity contribution in [2.45, 2.75) is 45.5 Å². The van der Waals surface area contributed by atoms with E-state index in [0.29, 0.717) is 26.3 Å². The number of methoxy groups -OCH3 is 1. The normalized spacial score (nSPS) is 18.8. The van der Waals surface area contributed by atoms with Crippen LogP contribution in [0.25, 0.3) is 0 Å². The Hall–Kier alpha value is -1.59. The van der Waals surface area contributed by atoms with Crippen molar-refractivity contribution >= 4 is 6.09 Å². The first-order valence-corrected chi connectivity index (χ1v) is 8.03. The monoisotopic (exact) mass is 321 g/mol. The summed E-state index contributed by atoms with van der Waals surface area (Å²) in [6, 6.07) is 8.27. The zero-order valence-corrected chi connectivity index (χ0v) is 14.5. The van der Waals surface area contributed by atoms with Crippen LogP contribution >= 0.6 is 0 Å². The van der Waals surface area contributed by atoms with Gasteiger partial charge in [-0.3, -0.25) is 0 Å². The Morgan fingerprint density at radius 1 is 1.35 bits per heavy atom. The number of benzene rings is 1. The van der Waals surface area contributed by atoms with Gasteiger partial charge in [0.15, 0.2) is 0 Å². The summed E-state index contributed by atoms with van der Waals surface area (Å²) < 4.78 is 16.4. The molecule has 2 rings (SSSR count). The first-order chi connectivity index (χ1) is 10.9. The zero-order chi connectivity index (χ0) is 16.9. The van der Waals surface area contributed by atoms with Gasteiger partial charge in [0.2, 0.25) is 0 Å². The molecular weight excluding hydrogens is 294 g/mol. The number of rotatable bonds is 4. The van der Waals surface area contributed by atoms with Crippen molar-refractivity contribution in [3.63, 3.8) is 0 Å². The van der Waals surface area contributed by atoms with Crippen LogP contribution in [0.15, 0.2) is 24.3 Å². The molecule has 0 aromatic heterocycles. The van der Waals surface area contributed by atoms with Crippen molar-refractivity contribution in [1.29, 1.82) is 0 Å². The minimum absolute atomic E-state index is 0.00550. The van der Waals surface area contributed by atoms with Crippen molar-refractivity contribution in [1.82, 2.24) is 4.90 Å². The third-order valence-electron chi connectivity index (χ3n) is 3.56. The molecule has 0 unspecified atom stereocenters. The summed E-state index contributed by atoms with van der Waals surface area (Å²) in [6.07, 6.45) is 0.504. The summed E-state index contributed by atoms with van der Waals surface area (Å²) in [5.41, 5.74) is 1.86. The largest absolute Gasteiger partial charge is 0.444 e. The van der Waals surface area contributed by atoms with E-state index >= 15 is 0 Å². The summed E-state index contributed by atoms with van der Waals surface area (Å²) in [7, 11) is 1.69. The molecule has 1 atom stereocenters. The second-order valence-corrected chi connectivity index (χ2v) is 6.88. The summed E-state index contributed by atoms with van der Waals surface area (Å²) in [5.74, 6) is 0. The van der Waals surface area contributed by atoms with Crippen LogP contribution in [-0.4, -0.2) is 49.5 Å². The number of ether oxygens (including phenoxy) is 3. The van der Waals surface area contributed by atoms with E-state index in [4.69, 9.17) is 14.2 Å². The number of hydrogen-bond donors (Lipinski definition) is 0. The van der Waals surface area contributed by atoms with E-state index in [1.54, 1.807) is 12.0 Å². The van der Waals surface area contributed by atoms with Crippen molar-refractivity contribution in [2.24, 2.45) is 0 Å². The lowest BCUT2D eigenvalue weighted by Crippen LogP contribution is -2.48. The molecule has 0 bridgehead atoms. The van der Waals surface area contributed by atoms with Crippen LogP contribution in [0.4, 0.5) is 4.79 Å². The van der Waals surface area contributed by atoms with Gasteiger partial charge in [-0.15, -0.1) is 0 Å². The van der Waals surface area contributed by atoms with E-state index in [1.165, 1.54) is 5.56 Å². The maximum Gasteiger partial charge on any atom is 0.410 e. The van der Waals surface area contributed by atoms with Crippen molar-refractivity contribution in [3.05, 3.63) is 35.4 Å². The first-order valence-electron chi connectivity index (χ1n) is 8.03. The molecule has 1 amide bonds. The molecule has 0 aliphatic carbocycles. The predicted molar refractivity (Wildman–Crippen MR) is 88.4 cm³/mol. The van der Waals surface area contributed by atoms with Crippen molar-refractivity contribution < 1.29 is 19.0 Å². The lowest BCUT2D eigenvalue weighted by atomic mass is 10.0. The second kappa shape index (κ2) is 7.79. The average molecular weight is 321 g/mol. The molecule has 0 N–H and O–H groups in total. The van der Waals surface area contributed by atoms with Crippen LogP contribution in [0, 0.1) is 0 Å². The minimum atomic E-state index is -0.473. The van der Waals surface area contributed by atoms with E-state index in [2.05, 4.69) is 12.1 Å². The second-order valence-electron chi connectivity index (χ2n) is 6.88. The van der Waals surface area contributed by atoms with Gasteiger partial charge in [-0.2, -0.15) is 0 Å². The summed E-state index contributed by atoms with van der Waals surface area (Å²) >= 11 is 0. The molecule has 0 spiro atoms. The molecule has 1 aromatic rings. The molecule has 23 heavy (non-hydrogen) atoms. The average Bonchev–Trinajstić information content (AvgIpc) is 2.46. The van der Waals surface area contributed by atoms with Crippen LogP contribution in [0.2, 0.25) is 0 Å². The van der Waals surface area contributed by atoms with Gasteiger partial charge in [0.05, 0.1) is 25.9 Å². The zero-order valence-electron chi connectivity index (χ0n) is 14.5. The third-order valence-corrected chi connectivity index (χ3v) is 3.56. The van der Waals surface area contributed by atoms with Crippen LogP contribution in [-0.2, 0) is 27.2 Å². The van der Waals surface area contributed by atoms with Gasteiger partial charge in [0, 0.05) is 20.1 Å². The molecule has 0 radical (unpaired) electrons. The van der Waals surface area contributed by atoms with E-state index < -0.39 is 5.60 Å². The Kier molecular flexibility index (Phi) is 6.02. The number of carbonyl (C=O) groups excluding carboxylic acids is 1. The predicted octanol–water partition coefficient (Wildman–Crippen LogP) is 3.01. The SMILES string of the molecule is COCc1cccc(C[C@@H]2CN(C(=O)OC(C)(C)C)CCO2)c1. The molecule has 5 heteroatoms. The third kappa shape index (κ3) is 5.84. The van der Waals surface area contributed by atoms with Crippen molar-refractivity contribution in [3.8, 4) is 0 Å². The Balaban J connectivity index is 1.93. The standard InChI is InChI=1S/C18H27NO4/c1-18(2,3)23-17(20)19-8-9-22-16(12-19)11-14-6-5-7-15(10-14)13-21-4/h5-7,10,16H,8-9,11-13H2,1-4H3/t16-/m1/s1. The van der Waals surface area contributed by atoms with Crippen LogP contribution in [0.3, 0.4) is 0 Å². The number of amides is 1. The molecule has 1 heterocycles. The lowest BCUT2D eigenvalue weighted by Gasteiger charge is -2.34. The molecule has 1 aliphatic heterocycles. The highest BCUT2D eigenvalue weighted by atomic mass is 16.6. The fraction of sp³-hybridized carbons (Fsp3) is 0.611. The highest BCUT2D eigenvalue weighted by Gasteiger charge is 2.28. The van der Waals surface area contributed by atoms with Gasteiger partial charge in [-0.05, 0) is 31.9 Å². The number of nitrogens with zero attached hydrogens (tertiary/aromatic N) is 1. The van der Waals surface area contributed by atoms with Gasteiger partial charge in [-0.25, -0.2) is 4.79 Å². The first kappa shape index (κ1) is 17.8. The maximum atomic E-state index is 12.2. The quantitative estimate of drug-likeness (QED) is 0.855. The van der Waals surface area contributed by atoms with E-state index in [0.717, 1.165) is 12.0 Å². The fourth-order valence-electron chi connectivity index (χ4n) is 2.61. The summed E-state index contributed by atoms with van der Waals surface area (Å²) in [5, 5.41) is 0. The highest BCUT2D eigenvalue weighted by molar-refractivity contribution is 5.68. The summed E-state index contributed by atoms with van der Waals surface area (Å²) in [4.78, 5) is 13.9. The van der Waals surface area contributed by atoms with Crippen LogP contribution in [0.5, 0.6) is 0 Å².